The summed E-state index contributed by atoms with van der Waals surface area (Å²) in [5.74, 6) is 0. The zero-order valence-electron chi connectivity index (χ0n) is 13.7. The van der Waals surface area contributed by atoms with Crippen molar-refractivity contribution in [2.45, 2.75) is 26.4 Å². The van der Waals surface area contributed by atoms with Crippen LogP contribution >= 0.6 is 15.9 Å². The molecule has 1 aliphatic rings. The molecule has 1 aliphatic carbocycles. The van der Waals surface area contributed by atoms with E-state index in [0.29, 0.717) is 0 Å². The molecule has 0 amide bonds. The summed E-state index contributed by atoms with van der Waals surface area (Å²) in [6, 6.07) is 8.93. The van der Waals surface area contributed by atoms with Crippen LogP contribution in [0.3, 0.4) is 0 Å². The molecule has 2 aromatic carbocycles. The lowest BCUT2D eigenvalue weighted by Gasteiger charge is -2.26. The van der Waals surface area contributed by atoms with E-state index in [-0.39, 0.29) is 0 Å². The fraction of sp³-hybridized carbons (Fsp3) is 0.200. The van der Waals surface area contributed by atoms with Crippen LogP contribution in [-0.4, -0.2) is 13.1 Å². The summed E-state index contributed by atoms with van der Waals surface area (Å²) < 4.78 is 1.21. The van der Waals surface area contributed by atoms with Crippen molar-refractivity contribution in [1.29, 1.82) is 0 Å². The standard InChI is InChI=1S/C20H20BrNSi/c1-13-11-16-17(12-18-15(19(16)21)9-6-10-22-18)20(13)23(2,3)14-7-4-5-8-14/h4-7,9-12,22H,8H2,1-3H3. The van der Waals surface area contributed by atoms with Crippen molar-refractivity contribution in [2.24, 2.45) is 0 Å². The number of allylic oxidation sites excluding steroid dienone is 4. The zero-order valence-corrected chi connectivity index (χ0v) is 16.3. The Morgan fingerprint density at radius 2 is 1.96 bits per heavy atom. The predicted molar refractivity (Wildman–Crippen MR) is 107 cm³/mol. The van der Waals surface area contributed by atoms with Gasteiger partial charge in [-0.2, -0.15) is 0 Å². The number of aromatic nitrogens is 1. The van der Waals surface area contributed by atoms with E-state index < -0.39 is 8.07 Å². The number of benzene rings is 1. The zero-order chi connectivity index (χ0) is 16.2. The first-order valence-electron chi connectivity index (χ1n) is 8.05. The van der Waals surface area contributed by atoms with Gasteiger partial charge in [0.2, 0.25) is 0 Å². The highest BCUT2D eigenvalue weighted by Gasteiger charge is 2.32. The predicted octanol–water partition coefficient (Wildman–Crippen LogP) is 5.73. The second-order valence-corrected chi connectivity index (χ2v) is 12.1. The number of aromatic amines is 1. The summed E-state index contributed by atoms with van der Waals surface area (Å²) in [5, 5.41) is 7.21. The Morgan fingerprint density at radius 3 is 2.70 bits per heavy atom. The van der Waals surface area contributed by atoms with Crippen LogP contribution in [-0.2, 0) is 0 Å². The molecule has 1 heterocycles. The molecule has 4 rings (SSSR count). The quantitative estimate of drug-likeness (QED) is 0.545. The molecule has 3 aromatic rings. The largest absolute Gasteiger partial charge is 0.361 e. The first-order valence-corrected chi connectivity index (χ1v) is 11.8. The van der Waals surface area contributed by atoms with Gasteiger partial charge < -0.3 is 4.98 Å². The molecule has 1 aromatic heterocycles. The van der Waals surface area contributed by atoms with Crippen molar-refractivity contribution in [2.75, 3.05) is 0 Å². The second kappa shape index (κ2) is 5.22. The Kier molecular flexibility index (Phi) is 3.40. The monoisotopic (exact) mass is 381 g/mol. The average molecular weight is 382 g/mol. The molecule has 0 unspecified atom stereocenters. The van der Waals surface area contributed by atoms with Gasteiger partial charge in [0.05, 0.1) is 0 Å². The smallest absolute Gasteiger partial charge is 0.109 e. The van der Waals surface area contributed by atoms with E-state index in [9.17, 15) is 0 Å². The van der Waals surface area contributed by atoms with Gasteiger partial charge in [0.1, 0.15) is 8.07 Å². The minimum Gasteiger partial charge on any atom is -0.361 e. The number of rotatable bonds is 2. The van der Waals surface area contributed by atoms with Gasteiger partial charge in [-0.1, -0.05) is 54.2 Å². The second-order valence-electron chi connectivity index (χ2n) is 6.93. The molecular weight excluding hydrogens is 362 g/mol. The van der Waals surface area contributed by atoms with E-state index >= 15 is 0 Å². The maximum atomic E-state index is 3.85. The number of pyridine rings is 1. The topological polar surface area (TPSA) is 15.8 Å². The average Bonchev–Trinajstić information content (AvgIpc) is 3.15. The summed E-state index contributed by atoms with van der Waals surface area (Å²) in [7, 11) is -1.65. The molecule has 1 N–H and O–H groups in total. The Bertz CT molecular complexity index is 992. The molecule has 0 saturated carbocycles. The van der Waals surface area contributed by atoms with Gasteiger partial charge in [-0.05, 0) is 57.4 Å². The lowest BCUT2D eigenvalue weighted by molar-refractivity contribution is 1.36. The third-order valence-electron chi connectivity index (χ3n) is 5.16. The Hall–Kier alpha value is -1.58. The molecule has 0 bridgehead atoms. The Balaban J connectivity index is 2.06. The van der Waals surface area contributed by atoms with Crippen molar-refractivity contribution >= 4 is 50.9 Å². The maximum Gasteiger partial charge on any atom is 0.109 e. The molecule has 23 heavy (non-hydrogen) atoms. The summed E-state index contributed by atoms with van der Waals surface area (Å²) in [6.07, 6.45) is 9.95. The summed E-state index contributed by atoms with van der Waals surface area (Å²) in [5.41, 5.74) is 2.63. The number of hydrogen-bond donors (Lipinski definition) is 1. The van der Waals surface area contributed by atoms with Gasteiger partial charge in [0.25, 0.3) is 0 Å². The van der Waals surface area contributed by atoms with Gasteiger partial charge in [0, 0.05) is 21.6 Å². The Labute approximate surface area is 146 Å². The van der Waals surface area contributed by atoms with Gasteiger partial charge in [-0.25, -0.2) is 0 Å². The van der Waals surface area contributed by atoms with Crippen LogP contribution in [0.5, 0.6) is 0 Å². The number of hydrogen-bond acceptors (Lipinski definition) is 0. The van der Waals surface area contributed by atoms with Crippen molar-refractivity contribution in [1.82, 2.24) is 4.98 Å². The van der Waals surface area contributed by atoms with Gasteiger partial charge in [-0.15, -0.1) is 0 Å². The molecule has 0 fully saturated rings. The van der Waals surface area contributed by atoms with E-state index in [1.165, 1.54) is 31.7 Å². The first kappa shape index (κ1) is 15.0. The molecule has 1 nitrogen and oxygen atoms in total. The molecule has 0 aliphatic heterocycles. The van der Waals surface area contributed by atoms with Crippen LogP contribution in [0.4, 0.5) is 0 Å². The number of halogens is 1. The molecule has 0 spiro atoms. The van der Waals surface area contributed by atoms with Crippen LogP contribution in [0, 0.1) is 6.92 Å². The fourth-order valence-electron chi connectivity index (χ4n) is 4.00. The van der Waals surface area contributed by atoms with E-state index in [1.54, 1.807) is 10.4 Å². The molecule has 0 atom stereocenters. The summed E-state index contributed by atoms with van der Waals surface area (Å²) >= 11 is 3.85. The van der Waals surface area contributed by atoms with Crippen LogP contribution in [0.1, 0.15) is 12.0 Å². The van der Waals surface area contributed by atoms with Crippen LogP contribution in [0.25, 0.3) is 21.7 Å². The Morgan fingerprint density at radius 1 is 1.13 bits per heavy atom. The maximum absolute atomic E-state index is 3.85. The number of fused-ring (bicyclic) bond motifs is 2. The molecular formula is C20H20BrNSi. The minimum atomic E-state index is -1.65. The van der Waals surface area contributed by atoms with Crippen LogP contribution in [0.2, 0.25) is 13.1 Å². The van der Waals surface area contributed by atoms with E-state index in [1.807, 2.05) is 6.20 Å². The lowest BCUT2D eigenvalue weighted by Crippen LogP contribution is -2.44. The van der Waals surface area contributed by atoms with E-state index in [4.69, 9.17) is 0 Å². The normalized spacial score (nSPS) is 14.9. The lowest BCUT2D eigenvalue weighted by atomic mass is 10.1. The van der Waals surface area contributed by atoms with Gasteiger partial charge in [-0.3, -0.25) is 0 Å². The van der Waals surface area contributed by atoms with E-state index in [0.717, 1.165) is 6.42 Å². The third-order valence-corrected chi connectivity index (χ3v) is 9.91. The molecule has 116 valence electrons. The van der Waals surface area contributed by atoms with Crippen molar-refractivity contribution in [3.05, 3.63) is 63.9 Å². The SMILES string of the molecule is Cc1cc2c(Br)c3ccc[nH]c3cc2c1[Si](C)(C)C1=CC=CC1. The number of aryl methyl sites for hydroxylation is 1. The minimum absolute atomic E-state index is 1.12. The number of H-pyrrole nitrogens is 1. The highest BCUT2D eigenvalue weighted by molar-refractivity contribution is 9.10. The van der Waals surface area contributed by atoms with Gasteiger partial charge in [0.15, 0.2) is 0 Å². The fourth-order valence-corrected chi connectivity index (χ4v) is 8.07. The molecule has 0 saturated heterocycles. The van der Waals surface area contributed by atoms with Crippen molar-refractivity contribution in [3.8, 4) is 0 Å². The molecule has 0 radical (unpaired) electrons. The highest BCUT2D eigenvalue weighted by atomic mass is 79.9. The first-order chi connectivity index (χ1) is 11.0. The van der Waals surface area contributed by atoms with Crippen molar-refractivity contribution in [3.63, 3.8) is 0 Å². The van der Waals surface area contributed by atoms with Crippen molar-refractivity contribution < 1.29 is 0 Å². The van der Waals surface area contributed by atoms with Crippen LogP contribution in [0.15, 0.2) is 58.4 Å². The summed E-state index contributed by atoms with van der Waals surface area (Å²) in [4.78, 5) is 3.40. The highest BCUT2D eigenvalue weighted by Crippen LogP contribution is 2.35. The van der Waals surface area contributed by atoms with Crippen LogP contribution < -0.4 is 5.19 Å². The third kappa shape index (κ3) is 2.18. The van der Waals surface area contributed by atoms with E-state index in [2.05, 4.69) is 83.4 Å². The number of nitrogens with one attached hydrogen (secondary N) is 1. The molecule has 3 heteroatoms. The summed E-state index contributed by atoms with van der Waals surface area (Å²) in [6.45, 7) is 7.24. The van der Waals surface area contributed by atoms with Gasteiger partial charge >= 0.3 is 0 Å².